The molecule has 0 bridgehead atoms. The van der Waals surface area contributed by atoms with Crippen molar-refractivity contribution in [2.45, 2.75) is 12.6 Å². The van der Waals surface area contributed by atoms with Crippen LogP contribution < -0.4 is 0 Å². The minimum Gasteiger partial charge on any atom is -0.390 e. The van der Waals surface area contributed by atoms with E-state index in [2.05, 4.69) is 47.4 Å². The summed E-state index contributed by atoms with van der Waals surface area (Å²) in [6.45, 7) is 2.57. The van der Waals surface area contributed by atoms with Crippen molar-refractivity contribution in [3.05, 3.63) is 48.0 Å². The zero-order chi connectivity index (χ0) is 11.0. The largest absolute Gasteiger partial charge is 0.390 e. The SMILES string of the molecule is OC1CN(Cc2ccc3ccccc3c2)C1. The van der Waals surface area contributed by atoms with Crippen LogP contribution in [0.1, 0.15) is 5.56 Å². The topological polar surface area (TPSA) is 23.5 Å². The van der Waals surface area contributed by atoms with Gasteiger partial charge in [0.2, 0.25) is 0 Å². The summed E-state index contributed by atoms with van der Waals surface area (Å²) in [6.07, 6.45) is -0.111. The van der Waals surface area contributed by atoms with E-state index >= 15 is 0 Å². The van der Waals surface area contributed by atoms with Gasteiger partial charge in [-0.1, -0.05) is 36.4 Å². The molecule has 2 aromatic rings. The maximum atomic E-state index is 9.23. The predicted molar refractivity (Wildman–Crippen MR) is 65.2 cm³/mol. The molecule has 0 saturated carbocycles. The van der Waals surface area contributed by atoms with Gasteiger partial charge in [0.15, 0.2) is 0 Å². The Morgan fingerprint density at radius 3 is 2.56 bits per heavy atom. The fourth-order valence-electron chi connectivity index (χ4n) is 2.27. The summed E-state index contributed by atoms with van der Waals surface area (Å²) < 4.78 is 0. The van der Waals surface area contributed by atoms with Gasteiger partial charge in [-0.25, -0.2) is 0 Å². The van der Waals surface area contributed by atoms with E-state index < -0.39 is 0 Å². The number of fused-ring (bicyclic) bond motifs is 1. The van der Waals surface area contributed by atoms with Gasteiger partial charge in [-0.15, -0.1) is 0 Å². The fourth-order valence-corrected chi connectivity index (χ4v) is 2.27. The van der Waals surface area contributed by atoms with E-state index in [0.717, 1.165) is 19.6 Å². The van der Waals surface area contributed by atoms with E-state index in [9.17, 15) is 5.11 Å². The van der Waals surface area contributed by atoms with Crippen LogP contribution in [0.15, 0.2) is 42.5 Å². The van der Waals surface area contributed by atoms with Gasteiger partial charge in [-0.05, 0) is 22.4 Å². The molecule has 1 aliphatic heterocycles. The molecule has 1 N–H and O–H groups in total. The monoisotopic (exact) mass is 213 g/mol. The van der Waals surface area contributed by atoms with Crippen LogP contribution >= 0.6 is 0 Å². The van der Waals surface area contributed by atoms with Crippen molar-refractivity contribution in [3.63, 3.8) is 0 Å². The molecule has 16 heavy (non-hydrogen) atoms. The molecule has 2 aromatic carbocycles. The van der Waals surface area contributed by atoms with Crippen molar-refractivity contribution < 1.29 is 5.11 Å². The van der Waals surface area contributed by atoms with Crippen LogP contribution in [0.25, 0.3) is 10.8 Å². The fraction of sp³-hybridized carbons (Fsp3) is 0.286. The second-order valence-electron chi connectivity index (χ2n) is 4.53. The quantitative estimate of drug-likeness (QED) is 0.825. The highest BCUT2D eigenvalue weighted by Gasteiger charge is 2.23. The minimum atomic E-state index is -0.111. The van der Waals surface area contributed by atoms with Gasteiger partial charge in [0.05, 0.1) is 6.10 Å². The molecule has 1 heterocycles. The standard InChI is InChI=1S/C14H15NO/c16-14-9-15(10-14)8-11-5-6-12-3-1-2-4-13(12)7-11/h1-7,14,16H,8-10H2. The summed E-state index contributed by atoms with van der Waals surface area (Å²) in [4.78, 5) is 2.26. The third-order valence-electron chi connectivity index (χ3n) is 3.16. The van der Waals surface area contributed by atoms with E-state index in [1.54, 1.807) is 0 Å². The number of aliphatic hydroxyl groups is 1. The number of nitrogens with zero attached hydrogens (tertiary/aromatic N) is 1. The first kappa shape index (κ1) is 9.82. The molecule has 0 aromatic heterocycles. The van der Waals surface area contributed by atoms with Gasteiger partial charge >= 0.3 is 0 Å². The van der Waals surface area contributed by atoms with Crippen LogP contribution in [-0.2, 0) is 6.54 Å². The summed E-state index contributed by atoms with van der Waals surface area (Å²) in [6, 6.07) is 15.0. The average molecular weight is 213 g/mol. The lowest BCUT2D eigenvalue weighted by Gasteiger charge is -2.35. The number of β-amino-alcohol motifs (C(OH)–C–C–N with tert-alkyl or cyclic N) is 1. The number of rotatable bonds is 2. The Labute approximate surface area is 95.1 Å². The van der Waals surface area contributed by atoms with Gasteiger partial charge in [0.25, 0.3) is 0 Å². The highest BCUT2D eigenvalue weighted by molar-refractivity contribution is 5.82. The van der Waals surface area contributed by atoms with Crippen molar-refractivity contribution in [2.24, 2.45) is 0 Å². The van der Waals surface area contributed by atoms with E-state index in [1.165, 1.54) is 16.3 Å². The van der Waals surface area contributed by atoms with Crippen molar-refractivity contribution in [1.29, 1.82) is 0 Å². The Bertz CT molecular complexity index is 503. The Morgan fingerprint density at radius 2 is 1.81 bits per heavy atom. The molecular formula is C14H15NO. The third-order valence-corrected chi connectivity index (χ3v) is 3.16. The molecule has 2 nitrogen and oxygen atoms in total. The van der Waals surface area contributed by atoms with E-state index in [4.69, 9.17) is 0 Å². The molecule has 1 saturated heterocycles. The van der Waals surface area contributed by atoms with E-state index in [-0.39, 0.29) is 6.10 Å². The molecule has 0 aliphatic carbocycles. The Morgan fingerprint density at radius 1 is 1.06 bits per heavy atom. The molecule has 0 amide bonds. The normalized spacial score (nSPS) is 17.6. The number of likely N-dealkylation sites (tertiary alicyclic amines) is 1. The van der Waals surface area contributed by atoms with Gasteiger partial charge in [-0.2, -0.15) is 0 Å². The number of hydrogen-bond donors (Lipinski definition) is 1. The molecule has 82 valence electrons. The van der Waals surface area contributed by atoms with Gasteiger partial charge < -0.3 is 5.11 Å². The highest BCUT2D eigenvalue weighted by Crippen LogP contribution is 2.18. The van der Waals surface area contributed by atoms with Crippen molar-refractivity contribution in [2.75, 3.05) is 13.1 Å². The molecule has 0 atom stereocenters. The van der Waals surface area contributed by atoms with Gasteiger partial charge in [-0.3, -0.25) is 4.90 Å². The van der Waals surface area contributed by atoms with Gasteiger partial charge in [0.1, 0.15) is 0 Å². The first-order chi connectivity index (χ1) is 7.81. The van der Waals surface area contributed by atoms with Crippen LogP contribution in [0.4, 0.5) is 0 Å². The molecular weight excluding hydrogens is 198 g/mol. The van der Waals surface area contributed by atoms with Crippen molar-refractivity contribution in [3.8, 4) is 0 Å². The average Bonchev–Trinajstić information content (AvgIpc) is 2.27. The molecule has 1 aliphatic rings. The number of benzene rings is 2. The molecule has 0 unspecified atom stereocenters. The Balaban J connectivity index is 1.82. The Hall–Kier alpha value is -1.38. The van der Waals surface area contributed by atoms with Crippen LogP contribution in [-0.4, -0.2) is 29.2 Å². The maximum absolute atomic E-state index is 9.23. The Kier molecular flexibility index (Phi) is 2.39. The first-order valence-corrected chi connectivity index (χ1v) is 5.69. The minimum absolute atomic E-state index is 0.111. The molecule has 3 rings (SSSR count). The summed E-state index contributed by atoms with van der Waals surface area (Å²) in [5, 5.41) is 11.8. The first-order valence-electron chi connectivity index (χ1n) is 5.69. The summed E-state index contributed by atoms with van der Waals surface area (Å²) in [5.41, 5.74) is 1.32. The zero-order valence-electron chi connectivity index (χ0n) is 9.13. The summed E-state index contributed by atoms with van der Waals surface area (Å²) in [7, 11) is 0. The maximum Gasteiger partial charge on any atom is 0.0794 e. The highest BCUT2D eigenvalue weighted by atomic mass is 16.3. The smallest absolute Gasteiger partial charge is 0.0794 e. The van der Waals surface area contributed by atoms with Gasteiger partial charge in [0, 0.05) is 19.6 Å². The molecule has 0 radical (unpaired) electrons. The van der Waals surface area contributed by atoms with Crippen LogP contribution in [0, 0.1) is 0 Å². The number of aliphatic hydroxyl groups excluding tert-OH is 1. The molecule has 1 fully saturated rings. The van der Waals surface area contributed by atoms with E-state index in [0.29, 0.717) is 0 Å². The number of hydrogen-bond acceptors (Lipinski definition) is 2. The lowest BCUT2D eigenvalue weighted by molar-refractivity contribution is -0.00284. The summed E-state index contributed by atoms with van der Waals surface area (Å²) in [5.74, 6) is 0. The predicted octanol–water partition coefficient (Wildman–Crippen LogP) is 2.02. The van der Waals surface area contributed by atoms with Crippen LogP contribution in [0.2, 0.25) is 0 Å². The van der Waals surface area contributed by atoms with Crippen LogP contribution in [0.3, 0.4) is 0 Å². The lowest BCUT2D eigenvalue weighted by atomic mass is 10.1. The van der Waals surface area contributed by atoms with Crippen LogP contribution in [0.5, 0.6) is 0 Å². The second-order valence-corrected chi connectivity index (χ2v) is 4.53. The second kappa shape index (κ2) is 3.89. The van der Waals surface area contributed by atoms with Crippen molar-refractivity contribution >= 4 is 10.8 Å². The molecule has 2 heteroatoms. The lowest BCUT2D eigenvalue weighted by Crippen LogP contribution is -2.49. The van der Waals surface area contributed by atoms with Crippen molar-refractivity contribution in [1.82, 2.24) is 4.90 Å². The zero-order valence-corrected chi connectivity index (χ0v) is 9.13. The molecule has 0 spiro atoms. The third kappa shape index (κ3) is 1.82. The summed E-state index contributed by atoms with van der Waals surface area (Å²) >= 11 is 0. The van der Waals surface area contributed by atoms with E-state index in [1.807, 2.05) is 0 Å².